The third kappa shape index (κ3) is 8.56. The molecule has 2 aliphatic heterocycles. The second-order valence-corrected chi connectivity index (χ2v) is 8.30. The quantitative estimate of drug-likeness (QED) is 0.217. The minimum Gasteiger partial charge on any atom is -0.357 e. The molecule has 0 saturated carbocycles. The fourth-order valence-corrected chi connectivity index (χ4v) is 4.17. The molecule has 2 heterocycles. The van der Waals surface area contributed by atoms with E-state index < -0.39 is 0 Å². The summed E-state index contributed by atoms with van der Waals surface area (Å²) < 4.78 is 13.9. The van der Waals surface area contributed by atoms with Gasteiger partial charge < -0.3 is 15.5 Å². The van der Waals surface area contributed by atoms with Crippen molar-refractivity contribution in [2.24, 2.45) is 10.9 Å². The highest BCUT2D eigenvalue weighted by molar-refractivity contribution is 14.0. The number of halogens is 2. The van der Waals surface area contributed by atoms with E-state index in [0.717, 1.165) is 83.0 Å². The molecule has 0 aromatic heterocycles. The Kier molecular flexibility index (Phi) is 11.6. The molecule has 0 atom stereocenters. The van der Waals surface area contributed by atoms with Crippen LogP contribution in [0.4, 0.5) is 4.39 Å². The van der Waals surface area contributed by atoms with Crippen LogP contribution >= 0.6 is 24.0 Å². The average Bonchev–Trinajstić information content (AvgIpc) is 3.16. The average molecular weight is 545 g/mol. The summed E-state index contributed by atoms with van der Waals surface area (Å²) in [6.07, 6.45) is 4.82. The Morgan fingerprint density at radius 2 is 1.97 bits per heavy atom. The minimum atomic E-state index is -0.111. The van der Waals surface area contributed by atoms with E-state index in [9.17, 15) is 9.18 Å². The molecule has 174 valence electrons. The summed E-state index contributed by atoms with van der Waals surface area (Å²) in [6.45, 7) is 8.92. The maximum Gasteiger partial charge on any atom is 0.222 e. The van der Waals surface area contributed by atoms with Crippen molar-refractivity contribution in [3.8, 4) is 0 Å². The van der Waals surface area contributed by atoms with Crippen LogP contribution in [0.3, 0.4) is 0 Å². The molecule has 2 fully saturated rings. The molecule has 0 spiro atoms. The number of benzene rings is 1. The van der Waals surface area contributed by atoms with Crippen molar-refractivity contribution in [3.63, 3.8) is 0 Å². The Morgan fingerprint density at radius 1 is 1.19 bits per heavy atom. The SMILES string of the molecule is CCNC(=NCC1CCN(Cc2ccccc2F)CC1)NCCCN1CCCC1=O.I. The van der Waals surface area contributed by atoms with Gasteiger partial charge >= 0.3 is 0 Å². The van der Waals surface area contributed by atoms with Gasteiger partial charge in [0.05, 0.1) is 0 Å². The zero-order chi connectivity index (χ0) is 21.2. The van der Waals surface area contributed by atoms with Gasteiger partial charge in [0.2, 0.25) is 5.91 Å². The van der Waals surface area contributed by atoms with Crippen molar-refractivity contribution >= 4 is 35.8 Å². The van der Waals surface area contributed by atoms with Crippen LogP contribution in [-0.4, -0.2) is 67.5 Å². The minimum absolute atomic E-state index is 0. The van der Waals surface area contributed by atoms with Gasteiger partial charge in [0.15, 0.2) is 5.96 Å². The molecule has 1 aromatic rings. The summed E-state index contributed by atoms with van der Waals surface area (Å²) in [5.41, 5.74) is 0.781. The molecule has 0 aliphatic carbocycles. The Balaban J connectivity index is 0.00000341. The topological polar surface area (TPSA) is 60.0 Å². The van der Waals surface area contributed by atoms with E-state index in [2.05, 4.69) is 22.5 Å². The highest BCUT2D eigenvalue weighted by Crippen LogP contribution is 2.20. The number of nitrogens with zero attached hydrogens (tertiary/aromatic N) is 3. The van der Waals surface area contributed by atoms with Gasteiger partial charge in [0.1, 0.15) is 5.82 Å². The number of hydrogen-bond donors (Lipinski definition) is 2. The maximum absolute atomic E-state index is 13.9. The van der Waals surface area contributed by atoms with Gasteiger partial charge in [-0.2, -0.15) is 0 Å². The van der Waals surface area contributed by atoms with Crippen LogP contribution in [0, 0.1) is 11.7 Å². The molecule has 2 aliphatic rings. The number of likely N-dealkylation sites (tertiary alicyclic amines) is 2. The van der Waals surface area contributed by atoms with Gasteiger partial charge in [-0.1, -0.05) is 18.2 Å². The molecule has 1 aromatic carbocycles. The van der Waals surface area contributed by atoms with Crippen LogP contribution in [0.5, 0.6) is 0 Å². The van der Waals surface area contributed by atoms with Crippen molar-refractivity contribution in [2.45, 2.75) is 45.6 Å². The summed E-state index contributed by atoms with van der Waals surface area (Å²) in [4.78, 5) is 20.7. The molecule has 31 heavy (non-hydrogen) atoms. The first-order valence-corrected chi connectivity index (χ1v) is 11.4. The van der Waals surface area contributed by atoms with Gasteiger partial charge in [-0.05, 0) is 57.7 Å². The van der Waals surface area contributed by atoms with Gasteiger partial charge in [-0.15, -0.1) is 24.0 Å². The number of rotatable bonds is 9. The van der Waals surface area contributed by atoms with Crippen LogP contribution in [0.15, 0.2) is 29.3 Å². The Hall–Kier alpha value is -1.42. The van der Waals surface area contributed by atoms with E-state index in [4.69, 9.17) is 4.99 Å². The molecule has 0 radical (unpaired) electrons. The van der Waals surface area contributed by atoms with Crippen LogP contribution in [-0.2, 0) is 11.3 Å². The van der Waals surface area contributed by atoms with Gasteiger partial charge in [0, 0.05) is 51.3 Å². The van der Waals surface area contributed by atoms with Crippen molar-refractivity contribution in [1.82, 2.24) is 20.4 Å². The standard InChI is InChI=1S/C23H36FN5O.HI/c1-2-25-23(26-12-6-14-29-13-5-9-22(29)30)27-17-19-10-15-28(16-11-19)18-20-7-3-4-8-21(20)24;/h3-4,7-8,19H,2,5-6,9-18H2,1H3,(H2,25,26,27);1H. The lowest BCUT2D eigenvalue weighted by Gasteiger charge is -2.31. The normalized spacial score (nSPS) is 18.2. The Morgan fingerprint density at radius 3 is 2.65 bits per heavy atom. The van der Waals surface area contributed by atoms with Gasteiger partial charge in [-0.25, -0.2) is 4.39 Å². The largest absolute Gasteiger partial charge is 0.357 e. The first kappa shape index (κ1) is 25.8. The van der Waals surface area contributed by atoms with E-state index in [1.807, 2.05) is 17.0 Å². The van der Waals surface area contributed by atoms with Crippen molar-refractivity contribution in [1.29, 1.82) is 0 Å². The van der Waals surface area contributed by atoms with E-state index in [1.165, 1.54) is 6.07 Å². The Bertz CT molecular complexity index is 709. The third-order valence-corrected chi connectivity index (χ3v) is 5.98. The lowest BCUT2D eigenvalue weighted by Crippen LogP contribution is -2.40. The second kappa shape index (κ2) is 13.9. The highest BCUT2D eigenvalue weighted by Gasteiger charge is 2.20. The van der Waals surface area contributed by atoms with Gasteiger partial charge in [0.25, 0.3) is 0 Å². The third-order valence-electron chi connectivity index (χ3n) is 5.98. The number of piperidine rings is 1. The summed E-state index contributed by atoms with van der Waals surface area (Å²) in [7, 11) is 0. The van der Waals surface area contributed by atoms with E-state index in [-0.39, 0.29) is 35.7 Å². The first-order chi connectivity index (χ1) is 14.7. The van der Waals surface area contributed by atoms with E-state index in [1.54, 1.807) is 6.07 Å². The predicted octanol–water partition coefficient (Wildman–Crippen LogP) is 3.22. The molecule has 3 rings (SSSR count). The number of carbonyl (C=O) groups excluding carboxylic acids is 1. The number of guanidine groups is 1. The molecule has 0 unspecified atom stereocenters. The number of hydrogen-bond acceptors (Lipinski definition) is 3. The molecule has 6 nitrogen and oxygen atoms in total. The highest BCUT2D eigenvalue weighted by atomic mass is 127. The molecular formula is C23H37FIN5O. The van der Waals surface area contributed by atoms with Crippen molar-refractivity contribution < 1.29 is 9.18 Å². The number of carbonyl (C=O) groups is 1. The lowest BCUT2D eigenvalue weighted by molar-refractivity contribution is -0.127. The molecule has 0 bridgehead atoms. The second-order valence-electron chi connectivity index (χ2n) is 8.30. The fourth-order valence-electron chi connectivity index (χ4n) is 4.17. The predicted molar refractivity (Wildman–Crippen MR) is 134 cm³/mol. The van der Waals surface area contributed by atoms with Crippen LogP contribution in [0.1, 0.15) is 44.6 Å². The number of amides is 1. The summed E-state index contributed by atoms with van der Waals surface area (Å²) in [5.74, 6) is 1.61. The smallest absolute Gasteiger partial charge is 0.222 e. The van der Waals surface area contributed by atoms with Crippen molar-refractivity contribution in [2.75, 3.05) is 45.8 Å². The number of nitrogens with one attached hydrogen (secondary N) is 2. The van der Waals surface area contributed by atoms with Crippen LogP contribution < -0.4 is 10.6 Å². The summed E-state index contributed by atoms with van der Waals surface area (Å²) in [5, 5.41) is 6.71. The van der Waals surface area contributed by atoms with Crippen molar-refractivity contribution in [3.05, 3.63) is 35.6 Å². The fraction of sp³-hybridized carbons (Fsp3) is 0.652. The van der Waals surface area contributed by atoms with Crippen LogP contribution in [0.25, 0.3) is 0 Å². The molecule has 2 N–H and O–H groups in total. The molecule has 8 heteroatoms. The maximum atomic E-state index is 13.9. The summed E-state index contributed by atoms with van der Waals surface area (Å²) in [6, 6.07) is 7.05. The summed E-state index contributed by atoms with van der Waals surface area (Å²) >= 11 is 0. The lowest BCUT2D eigenvalue weighted by atomic mass is 9.96. The van der Waals surface area contributed by atoms with Crippen LogP contribution in [0.2, 0.25) is 0 Å². The molecule has 2 saturated heterocycles. The monoisotopic (exact) mass is 545 g/mol. The zero-order valence-corrected chi connectivity index (χ0v) is 20.9. The Labute approximate surface area is 203 Å². The molecular weight excluding hydrogens is 508 g/mol. The van der Waals surface area contributed by atoms with E-state index in [0.29, 0.717) is 18.9 Å². The van der Waals surface area contributed by atoms with Gasteiger partial charge in [-0.3, -0.25) is 14.7 Å². The molecule has 1 amide bonds. The van der Waals surface area contributed by atoms with E-state index >= 15 is 0 Å². The zero-order valence-electron chi connectivity index (χ0n) is 18.6. The first-order valence-electron chi connectivity index (χ1n) is 11.4. The number of aliphatic imine (C=N–C) groups is 1.